The summed E-state index contributed by atoms with van der Waals surface area (Å²) in [4.78, 5) is 24.8. The number of hydrogen-bond donors (Lipinski definition) is 0. The first-order chi connectivity index (χ1) is 9.50. The molecule has 1 aromatic heterocycles. The van der Waals surface area contributed by atoms with Gasteiger partial charge in [0, 0.05) is 12.5 Å². The molecule has 0 aromatic carbocycles. The monoisotopic (exact) mass is 275 g/mol. The van der Waals surface area contributed by atoms with E-state index < -0.39 is 0 Å². The molecule has 5 heteroatoms. The van der Waals surface area contributed by atoms with E-state index in [2.05, 4.69) is 26.0 Å². The summed E-state index contributed by atoms with van der Waals surface area (Å²) in [6, 6.07) is 0.104. The molecule has 4 atom stereocenters. The highest BCUT2D eigenvalue weighted by Crippen LogP contribution is 2.63. The second-order valence-corrected chi connectivity index (χ2v) is 6.90. The minimum atomic E-state index is -0.168. The molecule has 3 heterocycles. The van der Waals surface area contributed by atoms with Crippen LogP contribution in [0.5, 0.6) is 0 Å². The molecule has 1 saturated carbocycles. The highest BCUT2D eigenvalue weighted by molar-refractivity contribution is 5.21. The molecule has 5 nitrogen and oxygen atoms in total. The molecule has 0 saturated heterocycles. The first-order valence-electron chi connectivity index (χ1n) is 7.58. The molecular weight excluding hydrogens is 254 g/mol. The zero-order valence-electron chi connectivity index (χ0n) is 12.2. The summed E-state index contributed by atoms with van der Waals surface area (Å²) >= 11 is 0. The van der Waals surface area contributed by atoms with Gasteiger partial charge in [0.2, 0.25) is 0 Å². The minimum absolute atomic E-state index is 0.0430. The standard InChI is InChI=1S/C15H21N3O2/c1-9(2)15-8-4-5-10(15)11-6-7-12(15)18-14(20)16(3)13(19)17(11)18/h6-7,9-12H,4-5,8H2,1-3H3/t10-,11-,12-,15-/m1/s1. The average molecular weight is 275 g/mol. The summed E-state index contributed by atoms with van der Waals surface area (Å²) in [5, 5.41) is 0. The first kappa shape index (κ1) is 12.2. The Hall–Kier alpha value is -1.52. The Bertz CT molecular complexity index is 720. The van der Waals surface area contributed by atoms with Crippen molar-refractivity contribution in [3.05, 3.63) is 33.1 Å². The summed E-state index contributed by atoms with van der Waals surface area (Å²) in [5.74, 6) is 1.01. The summed E-state index contributed by atoms with van der Waals surface area (Å²) in [6.45, 7) is 4.53. The molecule has 2 aliphatic heterocycles. The van der Waals surface area contributed by atoms with Crippen molar-refractivity contribution in [2.45, 2.75) is 45.2 Å². The fraction of sp³-hybridized carbons (Fsp3) is 0.733. The van der Waals surface area contributed by atoms with E-state index in [9.17, 15) is 9.59 Å². The zero-order valence-corrected chi connectivity index (χ0v) is 12.2. The molecule has 1 aromatic rings. The van der Waals surface area contributed by atoms with Crippen molar-refractivity contribution in [3.63, 3.8) is 0 Å². The van der Waals surface area contributed by atoms with Crippen LogP contribution in [0.25, 0.3) is 0 Å². The van der Waals surface area contributed by atoms with Crippen LogP contribution in [-0.2, 0) is 7.05 Å². The third-order valence-electron chi connectivity index (χ3n) is 6.09. The predicted molar refractivity (Wildman–Crippen MR) is 75.8 cm³/mol. The molecule has 108 valence electrons. The van der Waals surface area contributed by atoms with Gasteiger partial charge in [0.1, 0.15) is 0 Å². The van der Waals surface area contributed by atoms with Crippen LogP contribution in [0.2, 0.25) is 0 Å². The third-order valence-corrected chi connectivity index (χ3v) is 6.09. The number of nitrogens with zero attached hydrogens (tertiary/aromatic N) is 3. The fourth-order valence-electron chi connectivity index (χ4n) is 5.19. The second-order valence-electron chi connectivity index (χ2n) is 6.90. The van der Waals surface area contributed by atoms with Gasteiger partial charge >= 0.3 is 11.4 Å². The van der Waals surface area contributed by atoms with Crippen molar-refractivity contribution in [3.8, 4) is 0 Å². The molecule has 20 heavy (non-hydrogen) atoms. The van der Waals surface area contributed by atoms with Gasteiger partial charge in [-0.25, -0.2) is 23.5 Å². The maximum absolute atomic E-state index is 12.4. The highest BCUT2D eigenvalue weighted by Gasteiger charge is 2.59. The fourth-order valence-corrected chi connectivity index (χ4v) is 5.19. The lowest BCUT2D eigenvalue weighted by Gasteiger charge is -2.54. The van der Waals surface area contributed by atoms with Gasteiger partial charge in [-0.1, -0.05) is 32.4 Å². The van der Waals surface area contributed by atoms with Gasteiger partial charge in [0.05, 0.1) is 12.1 Å². The van der Waals surface area contributed by atoms with E-state index in [1.807, 2.05) is 0 Å². The van der Waals surface area contributed by atoms with Crippen LogP contribution in [-0.4, -0.2) is 13.9 Å². The van der Waals surface area contributed by atoms with Crippen LogP contribution < -0.4 is 11.4 Å². The molecule has 5 rings (SSSR count). The van der Waals surface area contributed by atoms with E-state index in [1.54, 1.807) is 16.4 Å². The molecule has 2 bridgehead atoms. The molecule has 0 radical (unpaired) electrons. The lowest BCUT2D eigenvalue weighted by Crippen LogP contribution is -2.55. The molecule has 0 unspecified atom stereocenters. The third kappa shape index (κ3) is 1.08. The van der Waals surface area contributed by atoms with Gasteiger partial charge in [-0.2, -0.15) is 0 Å². The van der Waals surface area contributed by atoms with Crippen LogP contribution in [0.4, 0.5) is 0 Å². The largest absolute Gasteiger partial charge is 0.347 e. The Morgan fingerprint density at radius 3 is 2.60 bits per heavy atom. The first-order valence-corrected chi connectivity index (χ1v) is 7.58. The smallest absolute Gasteiger partial charge is 0.246 e. The van der Waals surface area contributed by atoms with Crippen molar-refractivity contribution in [2.24, 2.45) is 24.3 Å². The summed E-state index contributed by atoms with van der Waals surface area (Å²) in [6.07, 6.45) is 7.86. The molecule has 0 N–H and O–H groups in total. The van der Waals surface area contributed by atoms with Crippen LogP contribution >= 0.6 is 0 Å². The number of allylic oxidation sites excluding steroid dienone is 2. The van der Waals surface area contributed by atoms with Crippen molar-refractivity contribution in [2.75, 3.05) is 0 Å². The molecule has 0 amide bonds. The number of hydrogen-bond acceptors (Lipinski definition) is 2. The average Bonchev–Trinajstić information content (AvgIpc) is 2.99. The van der Waals surface area contributed by atoms with Gasteiger partial charge in [-0.15, -0.1) is 0 Å². The maximum atomic E-state index is 12.4. The molecule has 4 aliphatic rings. The lowest BCUT2D eigenvalue weighted by molar-refractivity contribution is -0.0189. The van der Waals surface area contributed by atoms with Crippen LogP contribution in [0.3, 0.4) is 0 Å². The number of rotatable bonds is 1. The van der Waals surface area contributed by atoms with E-state index in [0.717, 1.165) is 6.42 Å². The highest BCUT2D eigenvalue weighted by atomic mass is 16.2. The van der Waals surface area contributed by atoms with Gasteiger partial charge in [-0.05, 0) is 24.7 Å². The molecule has 0 spiro atoms. The van der Waals surface area contributed by atoms with Gasteiger partial charge in [0.25, 0.3) is 0 Å². The maximum Gasteiger partial charge on any atom is 0.347 e. The molecule has 1 fully saturated rings. The van der Waals surface area contributed by atoms with Crippen molar-refractivity contribution in [1.82, 2.24) is 13.9 Å². The number of aromatic nitrogens is 3. The quantitative estimate of drug-likeness (QED) is 0.728. The van der Waals surface area contributed by atoms with Crippen molar-refractivity contribution >= 4 is 0 Å². The van der Waals surface area contributed by atoms with Gasteiger partial charge in [-0.3, -0.25) is 0 Å². The van der Waals surface area contributed by atoms with Crippen molar-refractivity contribution < 1.29 is 0 Å². The van der Waals surface area contributed by atoms with E-state index in [0.29, 0.717) is 11.8 Å². The summed E-state index contributed by atoms with van der Waals surface area (Å²) < 4.78 is 4.69. The lowest BCUT2D eigenvalue weighted by atomic mass is 9.59. The summed E-state index contributed by atoms with van der Waals surface area (Å²) in [5.41, 5.74) is -0.185. The topological polar surface area (TPSA) is 48.9 Å². The van der Waals surface area contributed by atoms with Crippen molar-refractivity contribution in [1.29, 1.82) is 0 Å². The van der Waals surface area contributed by atoms with Crippen LogP contribution in [0.15, 0.2) is 21.7 Å². The van der Waals surface area contributed by atoms with E-state index in [-0.39, 0.29) is 28.9 Å². The Kier molecular flexibility index (Phi) is 2.18. The van der Waals surface area contributed by atoms with Crippen LogP contribution in [0, 0.1) is 17.3 Å². The minimum Gasteiger partial charge on any atom is -0.246 e. The van der Waals surface area contributed by atoms with E-state index in [4.69, 9.17) is 0 Å². The Labute approximate surface area is 117 Å². The van der Waals surface area contributed by atoms with Gasteiger partial charge in [0.15, 0.2) is 0 Å². The Morgan fingerprint density at radius 2 is 1.90 bits per heavy atom. The molecular formula is C15H21N3O2. The normalized spacial score (nSPS) is 37.5. The van der Waals surface area contributed by atoms with Gasteiger partial charge < -0.3 is 0 Å². The zero-order chi connectivity index (χ0) is 14.2. The van der Waals surface area contributed by atoms with E-state index in [1.165, 1.54) is 17.4 Å². The Morgan fingerprint density at radius 1 is 1.20 bits per heavy atom. The predicted octanol–water partition coefficient (Wildman–Crippen LogP) is 1.46. The summed E-state index contributed by atoms with van der Waals surface area (Å²) in [7, 11) is 1.58. The second kappa shape index (κ2) is 3.57. The van der Waals surface area contributed by atoms with Crippen LogP contribution in [0.1, 0.15) is 45.2 Å². The SMILES string of the molecule is CC(C)[C@]12CCC[C@@H]1[C@H]1C=C[C@H]2n2c(=O)n(C)c(=O)n21. The van der Waals surface area contributed by atoms with E-state index >= 15 is 0 Å². The molecule has 2 aliphatic carbocycles. The Balaban J connectivity index is 2.06.